The molecule has 1 fully saturated rings. The van der Waals surface area contributed by atoms with Gasteiger partial charge in [0.2, 0.25) is 21.9 Å². The second-order valence-electron chi connectivity index (χ2n) is 7.02. The summed E-state index contributed by atoms with van der Waals surface area (Å²) in [6, 6.07) is 8.99. The number of nitrogens with zero attached hydrogens (tertiary/aromatic N) is 3. The molecule has 0 amide bonds. The van der Waals surface area contributed by atoms with E-state index in [1.54, 1.807) is 24.3 Å². The van der Waals surface area contributed by atoms with Gasteiger partial charge in [-0.05, 0) is 37.0 Å². The van der Waals surface area contributed by atoms with Crippen LogP contribution in [0.5, 0.6) is 5.88 Å². The summed E-state index contributed by atoms with van der Waals surface area (Å²) in [5.41, 5.74) is 0.343. The lowest BCUT2D eigenvalue weighted by Crippen LogP contribution is -2.27. The number of para-hydroxylation sites is 2. The van der Waals surface area contributed by atoms with Crippen molar-refractivity contribution < 1.29 is 26.3 Å². The van der Waals surface area contributed by atoms with Gasteiger partial charge in [0, 0.05) is 18.0 Å². The van der Waals surface area contributed by atoms with Gasteiger partial charge < -0.3 is 4.74 Å². The molecule has 1 aliphatic rings. The van der Waals surface area contributed by atoms with Crippen LogP contribution in [0.3, 0.4) is 0 Å². The third-order valence-electron chi connectivity index (χ3n) is 4.46. The molecule has 3 aromatic rings. The zero-order valence-electron chi connectivity index (χ0n) is 15.5. The number of hydrogen-bond donors (Lipinski definition) is 1. The monoisotopic (exact) mass is 438 g/mol. The minimum Gasteiger partial charge on any atom is -0.457 e. The Morgan fingerprint density at radius 1 is 1.10 bits per heavy atom. The van der Waals surface area contributed by atoms with E-state index in [0.29, 0.717) is 5.52 Å². The minimum absolute atomic E-state index is 0.0404. The number of hydrogen-bond acceptors (Lipinski definition) is 6. The smallest absolute Gasteiger partial charge is 0.429 e. The highest BCUT2D eigenvalue weighted by molar-refractivity contribution is 7.92. The molecule has 1 aliphatic carbocycles. The fourth-order valence-corrected chi connectivity index (χ4v) is 4.35. The average Bonchev–Trinajstić information content (AvgIpc) is 3.49. The molecule has 7 nitrogen and oxygen atoms in total. The Kier molecular flexibility index (Phi) is 5.22. The first-order valence-electron chi connectivity index (χ1n) is 9.12. The van der Waals surface area contributed by atoms with Crippen LogP contribution in [-0.4, -0.2) is 35.3 Å². The minimum atomic E-state index is -4.79. The Balaban J connectivity index is 1.75. The van der Waals surface area contributed by atoms with E-state index in [0.717, 1.165) is 19.0 Å². The summed E-state index contributed by atoms with van der Waals surface area (Å²) in [5, 5.41) is 0. The van der Waals surface area contributed by atoms with E-state index in [4.69, 9.17) is 4.74 Å². The molecule has 0 bridgehead atoms. The normalized spacial score (nSPS) is 15.7. The summed E-state index contributed by atoms with van der Waals surface area (Å²) < 4.78 is 73.5. The fourth-order valence-electron chi connectivity index (χ4n) is 2.88. The van der Waals surface area contributed by atoms with Gasteiger partial charge >= 0.3 is 6.18 Å². The van der Waals surface area contributed by atoms with Crippen molar-refractivity contribution in [3.05, 3.63) is 54.4 Å². The van der Waals surface area contributed by atoms with Crippen molar-refractivity contribution in [2.75, 3.05) is 10.5 Å². The van der Waals surface area contributed by atoms with Gasteiger partial charge in [0.15, 0.2) is 0 Å². The number of nitrogens with one attached hydrogen (secondary N) is 1. The third-order valence-corrected chi connectivity index (χ3v) is 5.87. The first-order chi connectivity index (χ1) is 14.2. The van der Waals surface area contributed by atoms with E-state index >= 15 is 0 Å². The molecule has 1 atom stereocenters. The van der Waals surface area contributed by atoms with Crippen LogP contribution in [0.4, 0.5) is 19.0 Å². The number of sulfonamides is 1. The molecule has 4 rings (SSSR count). The summed E-state index contributed by atoms with van der Waals surface area (Å²) in [5.74, 6) is -1.03. The molecule has 2 heterocycles. The van der Waals surface area contributed by atoms with Crippen LogP contribution >= 0.6 is 0 Å². The van der Waals surface area contributed by atoms with Gasteiger partial charge in [-0.25, -0.2) is 18.4 Å². The maximum Gasteiger partial charge on any atom is 0.429 e. The predicted octanol–water partition coefficient (Wildman–Crippen LogP) is 3.86. The standard InChI is InChI=1S/C19H17F3N4O3S/c20-19(21,22)16(13-4-3-9-23-10-13)29-18-17(26-30(27,28)11-12-7-8-12)24-14-5-1-2-6-15(14)25-18/h1-6,9-10,12,16H,7-8,11H2,(H,24,26). The number of aromatic nitrogens is 3. The molecule has 11 heteroatoms. The van der Waals surface area contributed by atoms with Crippen LogP contribution in [0.25, 0.3) is 11.0 Å². The fraction of sp³-hybridized carbons (Fsp3) is 0.316. The SMILES string of the molecule is O=S(=O)(CC1CC1)Nc1nc2ccccc2nc1OC(c1cccnc1)C(F)(F)F. The molecule has 30 heavy (non-hydrogen) atoms. The quantitative estimate of drug-likeness (QED) is 0.602. The maximum absolute atomic E-state index is 13.7. The van der Waals surface area contributed by atoms with Gasteiger partial charge in [0.1, 0.15) is 0 Å². The van der Waals surface area contributed by atoms with E-state index < -0.39 is 28.2 Å². The maximum atomic E-state index is 13.7. The summed E-state index contributed by atoms with van der Waals surface area (Å²) in [7, 11) is -3.82. The topological polar surface area (TPSA) is 94.1 Å². The van der Waals surface area contributed by atoms with E-state index in [1.165, 1.54) is 18.3 Å². The molecule has 0 spiro atoms. The molecule has 2 aromatic heterocycles. The Hall–Kier alpha value is -2.95. The van der Waals surface area contributed by atoms with Gasteiger partial charge in [-0.3, -0.25) is 9.71 Å². The molecule has 1 saturated carbocycles. The number of alkyl halides is 3. The predicted molar refractivity (Wildman–Crippen MR) is 103 cm³/mol. The highest BCUT2D eigenvalue weighted by atomic mass is 32.2. The van der Waals surface area contributed by atoms with Crippen LogP contribution in [-0.2, 0) is 10.0 Å². The number of fused-ring (bicyclic) bond motifs is 1. The first-order valence-corrected chi connectivity index (χ1v) is 10.8. The third kappa shape index (κ3) is 4.78. The highest BCUT2D eigenvalue weighted by Gasteiger charge is 2.44. The van der Waals surface area contributed by atoms with E-state index in [9.17, 15) is 21.6 Å². The molecule has 1 aromatic carbocycles. The van der Waals surface area contributed by atoms with Gasteiger partial charge in [-0.2, -0.15) is 13.2 Å². The van der Waals surface area contributed by atoms with Crippen molar-refractivity contribution in [1.82, 2.24) is 15.0 Å². The number of rotatable bonds is 7. The van der Waals surface area contributed by atoms with Crippen LogP contribution < -0.4 is 9.46 Å². The molecule has 1 N–H and O–H groups in total. The number of pyridine rings is 1. The summed E-state index contributed by atoms with van der Waals surface area (Å²) in [6.45, 7) is 0. The van der Waals surface area contributed by atoms with E-state index in [2.05, 4.69) is 19.7 Å². The second-order valence-corrected chi connectivity index (χ2v) is 8.79. The summed E-state index contributed by atoms with van der Waals surface area (Å²) in [4.78, 5) is 12.0. The van der Waals surface area contributed by atoms with E-state index in [1.807, 2.05) is 0 Å². The Morgan fingerprint density at radius 3 is 2.40 bits per heavy atom. The molecule has 0 radical (unpaired) electrons. The lowest BCUT2D eigenvalue weighted by atomic mass is 10.1. The van der Waals surface area contributed by atoms with Crippen molar-refractivity contribution in [1.29, 1.82) is 0 Å². The van der Waals surface area contributed by atoms with Crippen molar-refractivity contribution >= 4 is 26.9 Å². The lowest BCUT2D eigenvalue weighted by Gasteiger charge is -2.22. The number of halogens is 3. The van der Waals surface area contributed by atoms with Crippen molar-refractivity contribution in [3.63, 3.8) is 0 Å². The molecular weight excluding hydrogens is 421 g/mol. The van der Waals surface area contributed by atoms with Crippen molar-refractivity contribution in [2.45, 2.75) is 25.1 Å². The zero-order chi connectivity index (χ0) is 21.4. The average molecular weight is 438 g/mol. The second kappa shape index (κ2) is 7.71. The Morgan fingerprint density at radius 2 is 1.80 bits per heavy atom. The van der Waals surface area contributed by atoms with Gasteiger partial charge in [0.05, 0.1) is 16.8 Å². The molecular formula is C19H17F3N4O3S. The molecule has 158 valence electrons. The Bertz CT molecular complexity index is 1150. The molecule has 1 unspecified atom stereocenters. The van der Waals surface area contributed by atoms with Crippen LogP contribution in [0.2, 0.25) is 0 Å². The lowest BCUT2D eigenvalue weighted by molar-refractivity contribution is -0.198. The van der Waals surface area contributed by atoms with Gasteiger partial charge in [0.25, 0.3) is 5.88 Å². The Labute approximate surface area is 170 Å². The number of anilines is 1. The van der Waals surface area contributed by atoms with E-state index in [-0.39, 0.29) is 28.6 Å². The van der Waals surface area contributed by atoms with Crippen LogP contribution in [0.15, 0.2) is 48.8 Å². The number of benzene rings is 1. The van der Waals surface area contributed by atoms with Crippen molar-refractivity contribution in [2.24, 2.45) is 5.92 Å². The van der Waals surface area contributed by atoms with Crippen LogP contribution in [0.1, 0.15) is 24.5 Å². The van der Waals surface area contributed by atoms with Gasteiger partial charge in [-0.1, -0.05) is 18.2 Å². The highest BCUT2D eigenvalue weighted by Crippen LogP contribution is 2.38. The number of ether oxygens (including phenoxy) is 1. The zero-order valence-corrected chi connectivity index (χ0v) is 16.3. The molecule has 0 aliphatic heterocycles. The van der Waals surface area contributed by atoms with Crippen LogP contribution in [0, 0.1) is 5.92 Å². The van der Waals surface area contributed by atoms with Crippen molar-refractivity contribution in [3.8, 4) is 5.88 Å². The summed E-state index contributed by atoms with van der Waals surface area (Å²) >= 11 is 0. The summed E-state index contributed by atoms with van der Waals surface area (Å²) in [6.07, 6.45) is -3.22. The first kappa shape index (κ1) is 20.3. The van der Waals surface area contributed by atoms with Gasteiger partial charge in [-0.15, -0.1) is 0 Å². The molecule has 0 saturated heterocycles. The largest absolute Gasteiger partial charge is 0.457 e.